The summed E-state index contributed by atoms with van der Waals surface area (Å²) in [5, 5.41) is 13.3. The Labute approximate surface area is 105 Å². The second-order valence-corrected chi connectivity index (χ2v) is 6.37. The zero-order valence-corrected chi connectivity index (χ0v) is 10.8. The zero-order valence-electron chi connectivity index (χ0n) is 10.8. The summed E-state index contributed by atoms with van der Waals surface area (Å²) < 4.78 is 0. The maximum atomic E-state index is 9.83. The number of piperidine rings is 1. The topological polar surface area (TPSA) is 35.5 Å². The number of hydrogen-bond donors (Lipinski definition) is 2. The first-order chi connectivity index (χ1) is 8.34. The van der Waals surface area contributed by atoms with Crippen LogP contribution < -0.4 is 5.32 Å². The van der Waals surface area contributed by atoms with E-state index in [4.69, 9.17) is 0 Å². The van der Waals surface area contributed by atoms with Crippen LogP contribution in [0.1, 0.15) is 38.5 Å². The summed E-state index contributed by atoms with van der Waals surface area (Å²) in [6.45, 7) is 5.19. The van der Waals surface area contributed by atoms with E-state index >= 15 is 0 Å². The summed E-state index contributed by atoms with van der Waals surface area (Å²) in [6.07, 6.45) is 7.92. The van der Waals surface area contributed by atoms with E-state index in [0.717, 1.165) is 12.0 Å². The molecule has 0 aromatic carbocycles. The van der Waals surface area contributed by atoms with E-state index in [1.54, 1.807) is 0 Å². The Morgan fingerprint density at radius 1 is 1.18 bits per heavy atom. The van der Waals surface area contributed by atoms with Crippen LogP contribution in [0.25, 0.3) is 0 Å². The largest absolute Gasteiger partial charge is 0.396 e. The van der Waals surface area contributed by atoms with Gasteiger partial charge in [-0.15, -0.1) is 0 Å². The molecule has 3 rings (SSSR count). The highest BCUT2D eigenvalue weighted by Crippen LogP contribution is 2.47. The molecule has 98 valence electrons. The van der Waals surface area contributed by atoms with Gasteiger partial charge in [0.1, 0.15) is 0 Å². The monoisotopic (exact) mass is 238 g/mol. The molecule has 0 bridgehead atoms. The fourth-order valence-electron chi connectivity index (χ4n) is 4.33. The Morgan fingerprint density at radius 3 is 2.71 bits per heavy atom. The van der Waals surface area contributed by atoms with Crippen LogP contribution in [0.15, 0.2) is 0 Å². The summed E-state index contributed by atoms with van der Waals surface area (Å²) in [4.78, 5) is 2.70. The third kappa shape index (κ3) is 2.13. The average Bonchev–Trinajstić information content (AvgIpc) is 2.80. The predicted octanol–water partition coefficient (Wildman–Crippen LogP) is 1.22. The van der Waals surface area contributed by atoms with Gasteiger partial charge in [0.25, 0.3) is 0 Å². The molecular weight excluding hydrogens is 212 g/mol. The minimum absolute atomic E-state index is 0.267. The normalized spacial score (nSPS) is 40.4. The molecule has 2 heterocycles. The van der Waals surface area contributed by atoms with Crippen molar-refractivity contribution in [3.05, 3.63) is 0 Å². The molecule has 0 unspecified atom stereocenters. The van der Waals surface area contributed by atoms with Crippen molar-refractivity contribution in [2.45, 2.75) is 44.6 Å². The average molecular weight is 238 g/mol. The number of nitrogens with zero attached hydrogens (tertiary/aromatic N) is 1. The van der Waals surface area contributed by atoms with Crippen LogP contribution in [0.4, 0.5) is 0 Å². The molecule has 0 spiro atoms. The van der Waals surface area contributed by atoms with Crippen LogP contribution >= 0.6 is 0 Å². The number of hydrogen-bond acceptors (Lipinski definition) is 3. The predicted molar refractivity (Wildman–Crippen MR) is 68.9 cm³/mol. The van der Waals surface area contributed by atoms with E-state index in [2.05, 4.69) is 10.2 Å². The van der Waals surface area contributed by atoms with Crippen LogP contribution in [-0.4, -0.2) is 48.8 Å². The molecule has 3 fully saturated rings. The summed E-state index contributed by atoms with van der Waals surface area (Å²) in [7, 11) is 0. The SMILES string of the molecule is OC[C@]12CCCC[C@@H]1CN(C1CCNCC1)C2. The van der Waals surface area contributed by atoms with Crippen molar-refractivity contribution in [3.63, 3.8) is 0 Å². The molecule has 3 aliphatic rings. The first kappa shape index (κ1) is 11.9. The smallest absolute Gasteiger partial charge is 0.0502 e. The lowest BCUT2D eigenvalue weighted by Crippen LogP contribution is -2.43. The number of nitrogens with one attached hydrogen (secondary N) is 1. The van der Waals surface area contributed by atoms with Gasteiger partial charge in [-0.2, -0.15) is 0 Å². The van der Waals surface area contributed by atoms with Crippen molar-refractivity contribution < 1.29 is 5.11 Å². The van der Waals surface area contributed by atoms with Gasteiger partial charge in [-0.1, -0.05) is 12.8 Å². The summed E-state index contributed by atoms with van der Waals surface area (Å²) in [5.41, 5.74) is 0.267. The van der Waals surface area contributed by atoms with Gasteiger partial charge >= 0.3 is 0 Å². The molecule has 2 atom stereocenters. The molecule has 17 heavy (non-hydrogen) atoms. The second-order valence-electron chi connectivity index (χ2n) is 6.37. The van der Waals surface area contributed by atoms with E-state index in [9.17, 15) is 5.11 Å². The van der Waals surface area contributed by atoms with Crippen LogP contribution in [-0.2, 0) is 0 Å². The Hall–Kier alpha value is -0.120. The Kier molecular flexibility index (Phi) is 3.42. The molecule has 0 amide bonds. The zero-order chi connectivity index (χ0) is 11.7. The quantitative estimate of drug-likeness (QED) is 0.759. The van der Waals surface area contributed by atoms with Gasteiger partial charge in [-0.3, -0.25) is 4.90 Å². The number of likely N-dealkylation sites (tertiary alicyclic amines) is 1. The van der Waals surface area contributed by atoms with Gasteiger partial charge in [0.2, 0.25) is 0 Å². The van der Waals surface area contributed by atoms with Crippen molar-refractivity contribution in [3.8, 4) is 0 Å². The molecule has 2 N–H and O–H groups in total. The van der Waals surface area contributed by atoms with Crippen molar-refractivity contribution >= 4 is 0 Å². The molecule has 0 aromatic rings. The maximum Gasteiger partial charge on any atom is 0.0502 e. The first-order valence-corrected chi connectivity index (χ1v) is 7.40. The van der Waals surface area contributed by atoms with E-state index in [1.165, 1.54) is 64.7 Å². The Bertz CT molecular complexity index is 265. The fraction of sp³-hybridized carbons (Fsp3) is 1.00. The number of rotatable bonds is 2. The Morgan fingerprint density at radius 2 is 2.00 bits per heavy atom. The van der Waals surface area contributed by atoms with E-state index in [-0.39, 0.29) is 5.41 Å². The van der Waals surface area contributed by atoms with Crippen molar-refractivity contribution in [2.24, 2.45) is 11.3 Å². The van der Waals surface area contributed by atoms with Crippen molar-refractivity contribution in [1.82, 2.24) is 10.2 Å². The highest BCUT2D eigenvalue weighted by molar-refractivity contribution is 5.00. The van der Waals surface area contributed by atoms with Gasteiger partial charge in [0, 0.05) is 24.5 Å². The minimum atomic E-state index is 0.267. The lowest BCUT2D eigenvalue weighted by Gasteiger charge is -2.37. The van der Waals surface area contributed by atoms with Gasteiger partial charge in [-0.25, -0.2) is 0 Å². The fourth-order valence-corrected chi connectivity index (χ4v) is 4.33. The van der Waals surface area contributed by atoms with Gasteiger partial charge < -0.3 is 10.4 Å². The third-order valence-corrected chi connectivity index (χ3v) is 5.46. The van der Waals surface area contributed by atoms with E-state index < -0.39 is 0 Å². The van der Waals surface area contributed by atoms with Crippen LogP contribution in [0.3, 0.4) is 0 Å². The minimum Gasteiger partial charge on any atom is -0.396 e. The maximum absolute atomic E-state index is 9.83. The van der Waals surface area contributed by atoms with Crippen molar-refractivity contribution in [2.75, 3.05) is 32.8 Å². The van der Waals surface area contributed by atoms with Crippen LogP contribution in [0.2, 0.25) is 0 Å². The number of aliphatic hydroxyl groups is 1. The van der Waals surface area contributed by atoms with E-state index in [1.807, 2.05) is 0 Å². The highest BCUT2D eigenvalue weighted by Gasteiger charge is 2.48. The summed E-state index contributed by atoms with van der Waals surface area (Å²) >= 11 is 0. The van der Waals surface area contributed by atoms with Gasteiger partial charge in [0.15, 0.2) is 0 Å². The molecular formula is C14H26N2O. The Balaban J connectivity index is 1.69. The molecule has 3 heteroatoms. The third-order valence-electron chi connectivity index (χ3n) is 5.46. The van der Waals surface area contributed by atoms with Crippen LogP contribution in [0, 0.1) is 11.3 Å². The lowest BCUT2D eigenvalue weighted by atomic mass is 9.69. The van der Waals surface area contributed by atoms with Crippen LogP contribution in [0.5, 0.6) is 0 Å². The number of fused-ring (bicyclic) bond motifs is 1. The lowest BCUT2D eigenvalue weighted by molar-refractivity contribution is 0.0551. The van der Waals surface area contributed by atoms with Crippen molar-refractivity contribution in [1.29, 1.82) is 0 Å². The standard InChI is InChI=1S/C14H26N2O/c17-11-14-6-2-1-3-12(14)9-16(10-14)13-4-7-15-8-5-13/h12-13,15,17H,1-11H2/t12-,14-/m1/s1. The summed E-state index contributed by atoms with van der Waals surface area (Å²) in [6, 6.07) is 0.783. The first-order valence-electron chi connectivity index (χ1n) is 7.40. The second kappa shape index (κ2) is 4.87. The molecule has 2 aliphatic heterocycles. The molecule has 0 aromatic heterocycles. The molecule has 2 saturated heterocycles. The van der Waals surface area contributed by atoms with E-state index in [0.29, 0.717) is 6.61 Å². The summed E-state index contributed by atoms with van der Waals surface area (Å²) in [5.74, 6) is 0.774. The molecule has 1 saturated carbocycles. The van der Waals surface area contributed by atoms with Gasteiger partial charge in [0.05, 0.1) is 6.61 Å². The number of aliphatic hydroxyl groups excluding tert-OH is 1. The molecule has 0 radical (unpaired) electrons. The highest BCUT2D eigenvalue weighted by atomic mass is 16.3. The molecule has 3 nitrogen and oxygen atoms in total. The van der Waals surface area contributed by atoms with Gasteiger partial charge in [-0.05, 0) is 44.7 Å². The molecule has 1 aliphatic carbocycles.